The molecule has 4 nitrogen and oxygen atoms in total. The first kappa shape index (κ1) is 14.9. The van der Waals surface area contributed by atoms with E-state index in [-0.39, 0.29) is 0 Å². The molecule has 1 fully saturated rings. The fraction of sp³-hybridized carbons (Fsp3) is 0.294. The van der Waals surface area contributed by atoms with Crippen molar-refractivity contribution in [2.45, 2.75) is 25.4 Å². The van der Waals surface area contributed by atoms with Gasteiger partial charge in [-0.05, 0) is 43.0 Å². The molecule has 1 aliphatic rings. The molecule has 6 heteroatoms. The van der Waals surface area contributed by atoms with E-state index in [1.807, 2.05) is 35.6 Å². The lowest BCUT2D eigenvalue weighted by atomic mass is 10.2. The molecule has 1 atom stereocenters. The number of hydrogen-bond donors (Lipinski definition) is 0. The van der Waals surface area contributed by atoms with Crippen molar-refractivity contribution in [3.05, 3.63) is 57.6 Å². The van der Waals surface area contributed by atoms with Crippen LogP contribution in [0.1, 0.15) is 29.7 Å². The molecule has 0 spiro atoms. The van der Waals surface area contributed by atoms with E-state index in [4.69, 9.17) is 16.1 Å². The Morgan fingerprint density at radius 1 is 1.30 bits per heavy atom. The van der Waals surface area contributed by atoms with Gasteiger partial charge in [0.15, 0.2) is 0 Å². The first-order chi connectivity index (χ1) is 11.3. The molecule has 23 heavy (non-hydrogen) atoms. The lowest BCUT2D eigenvalue weighted by Crippen LogP contribution is -2.22. The molecule has 0 N–H and O–H groups in total. The molecule has 1 aromatic carbocycles. The number of likely N-dealkylation sites (tertiary alicyclic amines) is 1. The summed E-state index contributed by atoms with van der Waals surface area (Å²) in [7, 11) is 0. The molecule has 0 radical (unpaired) electrons. The Bertz CT molecular complexity index is 787. The minimum atomic E-state index is 0.469. The maximum absolute atomic E-state index is 6.02. The second kappa shape index (κ2) is 6.43. The molecule has 3 heterocycles. The van der Waals surface area contributed by atoms with Crippen LogP contribution in [0.15, 0.2) is 46.3 Å². The third kappa shape index (κ3) is 3.17. The van der Waals surface area contributed by atoms with Crippen molar-refractivity contribution in [2.24, 2.45) is 0 Å². The summed E-state index contributed by atoms with van der Waals surface area (Å²) in [5, 5.41) is 6.90. The van der Waals surface area contributed by atoms with Gasteiger partial charge in [-0.25, -0.2) is 0 Å². The van der Waals surface area contributed by atoms with Crippen LogP contribution in [-0.2, 0) is 6.54 Å². The number of nitrogens with zero attached hydrogens (tertiary/aromatic N) is 3. The summed E-state index contributed by atoms with van der Waals surface area (Å²) < 4.78 is 5.44. The number of hydrogen-bond acceptors (Lipinski definition) is 5. The minimum absolute atomic E-state index is 0.469. The summed E-state index contributed by atoms with van der Waals surface area (Å²) in [6, 6.07) is 12.3. The summed E-state index contributed by atoms with van der Waals surface area (Å²) in [5.41, 5.74) is 0.878. The molecule has 1 unspecified atom stereocenters. The van der Waals surface area contributed by atoms with Crippen molar-refractivity contribution >= 4 is 22.9 Å². The highest BCUT2D eigenvalue weighted by Crippen LogP contribution is 2.35. The van der Waals surface area contributed by atoms with Crippen molar-refractivity contribution in [3.8, 4) is 11.4 Å². The van der Waals surface area contributed by atoms with Crippen molar-refractivity contribution in [1.82, 2.24) is 15.0 Å². The highest BCUT2D eigenvalue weighted by molar-refractivity contribution is 7.10. The molecule has 0 bridgehead atoms. The highest BCUT2D eigenvalue weighted by Gasteiger charge is 2.28. The minimum Gasteiger partial charge on any atom is -0.338 e. The van der Waals surface area contributed by atoms with Crippen LogP contribution in [0.25, 0.3) is 11.4 Å². The standard InChI is InChI=1S/C17H16ClN3OS/c18-13-5-1-4-12(10-13)17-19-16(22-20-17)11-21-8-2-6-14(21)15-7-3-9-23-15/h1,3-5,7,9-10,14H,2,6,8,11H2. The largest absolute Gasteiger partial charge is 0.338 e. The third-order valence-electron chi connectivity index (χ3n) is 4.12. The van der Waals surface area contributed by atoms with Gasteiger partial charge in [-0.1, -0.05) is 35.0 Å². The van der Waals surface area contributed by atoms with E-state index in [1.54, 1.807) is 0 Å². The average molecular weight is 346 g/mol. The van der Waals surface area contributed by atoms with Gasteiger partial charge < -0.3 is 4.52 Å². The fourth-order valence-electron chi connectivity index (χ4n) is 3.06. The van der Waals surface area contributed by atoms with Gasteiger partial charge in [-0.2, -0.15) is 4.98 Å². The van der Waals surface area contributed by atoms with Crippen molar-refractivity contribution in [1.29, 1.82) is 0 Å². The van der Waals surface area contributed by atoms with Crippen LogP contribution in [0, 0.1) is 0 Å². The predicted molar refractivity (Wildman–Crippen MR) is 91.4 cm³/mol. The Balaban J connectivity index is 1.51. The Morgan fingerprint density at radius 2 is 2.26 bits per heavy atom. The van der Waals surface area contributed by atoms with E-state index in [0.717, 1.165) is 12.1 Å². The Morgan fingerprint density at radius 3 is 3.09 bits per heavy atom. The molecule has 0 aliphatic carbocycles. The summed E-state index contributed by atoms with van der Waals surface area (Å²) in [6.07, 6.45) is 2.40. The van der Waals surface area contributed by atoms with E-state index in [0.29, 0.717) is 29.3 Å². The van der Waals surface area contributed by atoms with E-state index in [2.05, 4.69) is 32.6 Å². The number of thiophene rings is 1. The molecule has 0 saturated carbocycles. The van der Waals surface area contributed by atoms with Crippen molar-refractivity contribution in [2.75, 3.05) is 6.54 Å². The molecular weight excluding hydrogens is 330 g/mol. The quantitative estimate of drug-likeness (QED) is 0.681. The first-order valence-electron chi connectivity index (χ1n) is 7.65. The van der Waals surface area contributed by atoms with Crippen LogP contribution < -0.4 is 0 Å². The van der Waals surface area contributed by atoms with Gasteiger partial charge in [-0.15, -0.1) is 11.3 Å². The number of aromatic nitrogens is 2. The van der Waals surface area contributed by atoms with Gasteiger partial charge in [0.1, 0.15) is 0 Å². The summed E-state index contributed by atoms with van der Waals surface area (Å²) in [6.45, 7) is 1.76. The fourth-order valence-corrected chi connectivity index (χ4v) is 4.14. The smallest absolute Gasteiger partial charge is 0.241 e. The SMILES string of the molecule is Clc1cccc(-c2noc(CN3CCCC3c3cccs3)n2)c1. The predicted octanol–water partition coefficient (Wildman–Crippen LogP) is 4.79. The third-order valence-corrected chi connectivity index (χ3v) is 5.33. The van der Waals surface area contributed by atoms with Crippen molar-refractivity contribution < 1.29 is 4.52 Å². The van der Waals surface area contributed by atoms with E-state index >= 15 is 0 Å². The Hall–Kier alpha value is -1.69. The van der Waals surface area contributed by atoms with Crippen LogP contribution in [0.2, 0.25) is 5.02 Å². The van der Waals surface area contributed by atoms with Gasteiger partial charge in [0.05, 0.1) is 6.54 Å². The van der Waals surface area contributed by atoms with Crippen LogP contribution in [0.4, 0.5) is 0 Å². The zero-order valence-corrected chi connectivity index (χ0v) is 14.1. The number of halogens is 1. The number of rotatable bonds is 4. The van der Waals surface area contributed by atoms with Crippen LogP contribution >= 0.6 is 22.9 Å². The number of benzene rings is 1. The Labute approximate surface area is 143 Å². The van der Waals surface area contributed by atoms with Gasteiger partial charge in [0, 0.05) is 21.5 Å². The van der Waals surface area contributed by atoms with Gasteiger partial charge >= 0.3 is 0 Å². The molecule has 1 aliphatic heterocycles. The maximum Gasteiger partial charge on any atom is 0.241 e. The first-order valence-corrected chi connectivity index (χ1v) is 8.91. The molecule has 1 saturated heterocycles. The maximum atomic E-state index is 6.02. The summed E-state index contributed by atoms with van der Waals surface area (Å²) >= 11 is 7.84. The van der Waals surface area contributed by atoms with Gasteiger partial charge in [0.25, 0.3) is 0 Å². The van der Waals surface area contributed by atoms with E-state index in [9.17, 15) is 0 Å². The van der Waals surface area contributed by atoms with Gasteiger partial charge in [-0.3, -0.25) is 4.90 Å². The highest BCUT2D eigenvalue weighted by atomic mass is 35.5. The Kier molecular flexibility index (Phi) is 4.16. The molecule has 118 valence electrons. The van der Waals surface area contributed by atoms with Gasteiger partial charge in [0.2, 0.25) is 11.7 Å². The zero-order valence-electron chi connectivity index (χ0n) is 12.5. The topological polar surface area (TPSA) is 42.2 Å². The normalized spacial score (nSPS) is 18.6. The monoisotopic (exact) mass is 345 g/mol. The van der Waals surface area contributed by atoms with E-state index in [1.165, 1.54) is 17.7 Å². The average Bonchev–Trinajstić information content (AvgIpc) is 3.29. The summed E-state index contributed by atoms with van der Waals surface area (Å²) in [4.78, 5) is 8.36. The lowest BCUT2D eigenvalue weighted by Gasteiger charge is -2.21. The second-order valence-corrected chi connectivity index (χ2v) is 7.08. The summed E-state index contributed by atoms with van der Waals surface area (Å²) in [5.74, 6) is 1.25. The molecule has 0 amide bonds. The second-order valence-electron chi connectivity index (χ2n) is 5.67. The zero-order chi connectivity index (χ0) is 15.6. The molecule has 4 rings (SSSR count). The van der Waals surface area contributed by atoms with Crippen LogP contribution in [0.5, 0.6) is 0 Å². The molecular formula is C17H16ClN3OS. The van der Waals surface area contributed by atoms with E-state index < -0.39 is 0 Å². The lowest BCUT2D eigenvalue weighted by molar-refractivity contribution is 0.214. The van der Waals surface area contributed by atoms with Crippen molar-refractivity contribution in [3.63, 3.8) is 0 Å². The molecule has 3 aromatic rings. The van der Waals surface area contributed by atoms with Crippen LogP contribution in [-0.4, -0.2) is 21.6 Å². The van der Waals surface area contributed by atoms with Crippen LogP contribution in [0.3, 0.4) is 0 Å². The molecule has 2 aromatic heterocycles.